The third-order valence-corrected chi connectivity index (χ3v) is 2.75. The Hall–Kier alpha value is 0.0300. The molecule has 0 spiro atoms. The standard InChI is InChI=1S/C6H15O4P.C2H8N2/c1-4-8-11(7,9-5-2)10-6-3;3-1-2-4/h4-6H2,1-3H3;1-4H2. The molecule has 0 radical (unpaired) electrons. The zero-order valence-electron chi connectivity index (χ0n) is 9.77. The van der Waals surface area contributed by atoms with Gasteiger partial charge in [-0.05, 0) is 20.8 Å². The van der Waals surface area contributed by atoms with Crippen LogP contribution in [0.15, 0.2) is 0 Å². The lowest BCUT2D eigenvalue weighted by molar-refractivity contribution is 0.126. The molecule has 0 atom stereocenters. The number of phosphoric ester groups is 1. The van der Waals surface area contributed by atoms with E-state index in [4.69, 9.17) is 25.0 Å². The van der Waals surface area contributed by atoms with E-state index in [-0.39, 0.29) is 0 Å². The molecule has 0 aromatic heterocycles. The minimum Gasteiger partial charge on any atom is -0.329 e. The number of hydrogen-bond donors (Lipinski definition) is 2. The Bertz CT molecular complexity index is 143. The van der Waals surface area contributed by atoms with E-state index in [0.29, 0.717) is 32.9 Å². The van der Waals surface area contributed by atoms with Gasteiger partial charge in [-0.2, -0.15) is 0 Å². The van der Waals surface area contributed by atoms with E-state index in [1.54, 1.807) is 20.8 Å². The number of nitrogens with two attached hydrogens (primary N) is 2. The monoisotopic (exact) mass is 242 g/mol. The first-order valence-electron chi connectivity index (χ1n) is 5.03. The maximum absolute atomic E-state index is 11.3. The number of hydrogen-bond acceptors (Lipinski definition) is 6. The Morgan fingerprint density at radius 1 is 0.867 bits per heavy atom. The van der Waals surface area contributed by atoms with Gasteiger partial charge in [0.15, 0.2) is 0 Å². The summed E-state index contributed by atoms with van der Waals surface area (Å²) in [5.41, 5.74) is 9.81. The van der Waals surface area contributed by atoms with E-state index in [1.807, 2.05) is 0 Å². The van der Waals surface area contributed by atoms with Crippen molar-refractivity contribution in [3.05, 3.63) is 0 Å². The Kier molecular flexibility index (Phi) is 14.1. The molecule has 0 bridgehead atoms. The van der Waals surface area contributed by atoms with Crippen LogP contribution in [0.25, 0.3) is 0 Å². The first kappa shape index (κ1) is 17.4. The zero-order chi connectivity index (χ0) is 12.2. The maximum atomic E-state index is 11.3. The first-order chi connectivity index (χ1) is 7.10. The minimum atomic E-state index is -3.22. The highest BCUT2D eigenvalue weighted by molar-refractivity contribution is 7.48. The zero-order valence-corrected chi connectivity index (χ0v) is 10.7. The predicted molar refractivity (Wildman–Crippen MR) is 60.6 cm³/mol. The molecule has 0 aliphatic heterocycles. The van der Waals surface area contributed by atoms with Gasteiger partial charge < -0.3 is 11.5 Å². The van der Waals surface area contributed by atoms with Crippen molar-refractivity contribution in [3.63, 3.8) is 0 Å². The maximum Gasteiger partial charge on any atom is 0.474 e. The van der Waals surface area contributed by atoms with Gasteiger partial charge in [0.2, 0.25) is 0 Å². The highest BCUT2D eigenvalue weighted by Crippen LogP contribution is 2.48. The highest BCUT2D eigenvalue weighted by Gasteiger charge is 2.23. The lowest BCUT2D eigenvalue weighted by Gasteiger charge is -2.14. The SMILES string of the molecule is CCOP(=O)(OCC)OCC.NCCN. The summed E-state index contributed by atoms with van der Waals surface area (Å²) in [6.07, 6.45) is 0. The van der Waals surface area contributed by atoms with E-state index < -0.39 is 7.82 Å². The van der Waals surface area contributed by atoms with Crippen LogP contribution in [-0.2, 0) is 18.1 Å². The fourth-order valence-corrected chi connectivity index (χ4v) is 1.76. The molecule has 6 nitrogen and oxygen atoms in total. The van der Waals surface area contributed by atoms with Crippen LogP contribution in [-0.4, -0.2) is 32.9 Å². The van der Waals surface area contributed by atoms with Crippen molar-refractivity contribution in [1.82, 2.24) is 0 Å². The van der Waals surface area contributed by atoms with E-state index in [0.717, 1.165) is 0 Å². The van der Waals surface area contributed by atoms with Gasteiger partial charge in [-0.15, -0.1) is 0 Å². The molecule has 4 N–H and O–H groups in total. The second-order valence-electron chi connectivity index (χ2n) is 2.28. The van der Waals surface area contributed by atoms with Gasteiger partial charge in [0.05, 0.1) is 19.8 Å². The molecule has 0 aliphatic carbocycles. The summed E-state index contributed by atoms with van der Waals surface area (Å²) in [5, 5.41) is 0. The largest absolute Gasteiger partial charge is 0.474 e. The van der Waals surface area contributed by atoms with Gasteiger partial charge >= 0.3 is 7.82 Å². The summed E-state index contributed by atoms with van der Waals surface area (Å²) in [5.74, 6) is 0. The van der Waals surface area contributed by atoms with Gasteiger partial charge in [-0.25, -0.2) is 4.57 Å². The number of rotatable bonds is 7. The molecule has 0 fully saturated rings. The van der Waals surface area contributed by atoms with E-state index in [1.165, 1.54) is 0 Å². The molecule has 0 amide bonds. The second-order valence-corrected chi connectivity index (χ2v) is 3.95. The Labute approximate surface area is 91.9 Å². The fourth-order valence-electron chi connectivity index (χ4n) is 0.586. The molecule has 15 heavy (non-hydrogen) atoms. The van der Waals surface area contributed by atoms with Crippen LogP contribution in [0.1, 0.15) is 20.8 Å². The second kappa shape index (κ2) is 12.1. The fraction of sp³-hybridized carbons (Fsp3) is 1.00. The molecular weight excluding hydrogens is 219 g/mol. The molecule has 94 valence electrons. The van der Waals surface area contributed by atoms with Crippen molar-refractivity contribution in [3.8, 4) is 0 Å². The summed E-state index contributed by atoms with van der Waals surface area (Å²) in [7, 11) is -3.22. The molecule has 0 unspecified atom stereocenters. The van der Waals surface area contributed by atoms with E-state index in [2.05, 4.69) is 0 Å². The van der Waals surface area contributed by atoms with Gasteiger partial charge in [0.1, 0.15) is 0 Å². The first-order valence-corrected chi connectivity index (χ1v) is 6.49. The third-order valence-electron chi connectivity index (χ3n) is 1.03. The summed E-state index contributed by atoms with van der Waals surface area (Å²) >= 11 is 0. The molecular formula is C8H23N2O4P. The van der Waals surface area contributed by atoms with Crippen LogP contribution in [0.5, 0.6) is 0 Å². The average Bonchev–Trinajstić information content (AvgIpc) is 2.19. The van der Waals surface area contributed by atoms with Crippen LogP contribution < -0.4 is 11.5 Å². The molecule has 0 aliphatic rings. The molecule has 0 heterocycles. The minimum absolute atomic E-state index is 0.331. The highest BCUT2D eigenvalue weighted by atomic mass is 31.2. The predicted octanol–water partition coefficient (Wildman–Crippen LogP) is 1.11. The lowest BCUT2D eigenvalue weighted by atomic mass is 10.7. The summed E-state index contributed by atoms with van der Waals surface area (Å²) in [4.78, 5) is 0. The average molecular weight is 242 g/mol. The van der Waals surface area contributed by atoms with Crippen LogP contribution in [0, 0.1) is 0 Å². The van der Waals surface area contributed by atoms with Crippen molar-refractivity contribution in [2.75, 3.05) is 32.9 Å². The van der Waals surface area contributed by atoms with Crippen LogP contribution in [0.4, 0.5) is 0 Å². The van der Waals surface area contributed by atoms with Crippen molar-refractivity contribution in [2.24, 2.45) is 11.5 Å². The third kappa shape index (κ3) is 12.0. The lowest BCUT2D eigenvalue weighted by Crippen LogP contribution is -2.11. The molecule has 7 heteroatoms. The van der Waals surface area contributed by atoms with Gasteiger partial charge in [-0.3, -0.25) is 13.6 Å². The summed E-state index contributed by atoms with van der Waals surface area (Å²) in [6.45, 7) is 7.41. The molecule has 0 saturated heterocycles. The molecule has 0 rings (SSSR count). The van der Waals surface area contributed by atoms with Gasteiger partial charge in [0, 0.05) is 13.1 Å². The Morgan fingerprint density at radius 3 is 1.27 bits per heavy atom. The van der Waals surface area contributed by atoms with Crippen LogP contribution >= 0.6 is 7.82 Å². The molecule has 0 aromatic carbocycles. The normalized spacial score (nSPS) is 10.7. The van der Waals surface area contributed by atoms with Gasteiger partial charge in [-0.1, -0.05) is 0 Å². The van der Waals surface area contributed by atoms with Crippen molar-refractivity contribution in [1.29, 1.82) is 0 Å². The molecule has 0 saturated carbocycles. The number of phosphoric acid groups is 1. The Balaban J connectivity index is 0. The topological polar surface area (TPSA) is 96.8 Å². The summed E-state index contributed by atoms with van der Waals surface area (Å²) in [6, 6.07) is 0. The quantitative estimate of drug-likeness (QED) is 0.649. The van der Waals surface area contributed by atoms with Gasteiger partial charge in [0.25, 0.3) is 0 Å². The van der Waals surface area contributed by atoms with Crippen LogP contribution in [0.3, 0.4) is 0 Å². The van der Waals surface area contributed by atoms with Crippen molar-refractivity contribution >= 4 is 7.82 Å². The van der Waals surface area contributed by atoms with Crippen molar-refractivity contribution < 1.29 is 18.1 Å². The van der Waals surface area contributed by atoms with E-state index in [9.17, 15) is 4.57 Å². The van der Waals surface area contributed by atoms with Crippen LogP contribution in [0.2, 0.25) is 0 Å². The van der Waals surface area contributed by atoms with Crippen molar-refractivity contribution in [2.45, 2.75) is 20.8 Å². The summed E-state index contributed by atoms with van der Waals surface area (Å²) < 4.78 is 25.8. The Morgan fingerprint density at radius 2 is 1.13 bits per heavy atom. The molecule has 0 aromatic rings. The van der Waals surface area contributed by atoms with E-state index >= 15 is 0 Å². The smallest absolute Gasteiger partial charge is 0.329 e.